The molecule has 0 aromatic heterocycles. The predicted octanol–water partition coefficient (Wildman–Crippen LogP) is 3.80. The SMILES string of the molecule is CN(CCOc1cccc(Cl)c1)C(=O)NCCC(C)(C)C. The van der Waals surface area contributed by atoms with Gasteiger partial charge in [-0.1, -0.05) is 38.4 Å². The molecule has 118 valence electrons. The first kappa shape index (κ1) is 17.6. The first-order valence-corrected chi connectivity index (χ1v) is 7.53. The highest BCUT2D eigenvalue weighted by Crippen LogP contribution is 2.17. The van der Waals surface area contributed by atoms with E-state index in [1.807, 2.05) is 12.1 Å². The monoisotopic (exact) mass is 312 g/mol. The molecule has 5 heteroatoms. The molecule has 21 heavy (non-hydrogen) atoms. The van der Waals surface area contributed by atoms with Crippen molar-refractivity contribution in [2.45, 2.75) is 27.2 Å². The van der Waals surface area contributed by atoms with Gasteiger partial charge in [-0.15, -0.1) is 0 Å². The summed E-state index contributed by atoms with van der Waals surface area (Å²) in [5.41, 5.74) is 0.224. The van der Waals surface area contributed by atoms with E-state index in [0.29, 0.717) is 30.5 Å². The van der Waals surface area contributed by atoms with Crippen molar-refractivity contribution in [1.29, 1.82) is 0 Å². The van der Waals surface area contributed by atoms with Crippen LogP contribution in [0.5, 0.6) is 5.75 Å². The van der Waals surface area contributed by atoms with Crippen LogP contribution >= 0.6 is 11.6 Å². The lowest BCUT2D eigenvalue weighted by Gasteiger charge is -2.21. The molecule has 0 saturated carbocycles. The molecule has 4 nitrogen and oxygen atoms in total. The van der Waals surface area contributed by atoms with E-state index in [-0.39, 0.29) is 11.4 Å². The third-order valence-electron chi connectivity index (χ3n) is 2.99. The van der Waals surface area contributed by atoms with Gasteiger partial charge in [-0.05, 0) is 30.0 Å². The number of likely N-dealkylation sites (N-methyl/N-ethyl adjacent to an activating group) is 1. The van der Waals surface area contributed by atoms with E-state index in [4.69, 9.17) is 16.3 Å². The zero-order valence-electron chi connectivity index (χ0n) is 13.3. The van der Waals surface area contributed by atoms with E-state index in [1.165, 1.54) is 0 Å². The summed E-state index contributed by atoms with van der Waals surface area (Å²) in [6.07, 6.45) is 0.950. The molecular weight excluding hydrogens is 288 g/mol. The van der Waals surface area contributed by atoms with Crippen LogP contribution in [-0.4, -0.2) is 37.7 Å². The van der Waals surface area contributed by atoms with Crippen molar-refractivity contribution in [2.24, 2.45) is 5.41 Å². The normalized spacial score (nSPS) is 11.1. The van der Waals surface area contributed by atoms with Crippen LogP contribution in [0.15, 0.2) is 24.3 Å². The molecule has 0 heterocycles. The number of hydrogen-bond acceptors (Lipinski definition) is 2. The third-order valence-corrected chi connectivity index (χ3v) is 3.22. The molecule has 1 rings (SSSR count). The number of nitrogens with one attached hydrogen (secondary N) is 1. The second-order valence-electron chi connectivity index (χ2n) is 6.27. The molecule has 0 unspecified atom stereocenters. The van der Waals surface area contributed by atoms with Gasteiger partial charge < -0.3 is 15.0 Å². The van der Waals surface area contributed by atoms with Crippen LogP contribution in [0.25, 0.3) is 0 Å². The van der Waals surface area contributed by atoms with Crippen molar-refractivity contribution in [3.8, 4) is 5.75 Å². The molecule has 1 aromatic carbocycles. The zero-order chi connectivity index (χ0) is 15.9. The molecule has 0 saturated heterocycles. The first-order chi connectivity index (χ1) is 9.78. The number of rotatable bonds is 6. The van der Waals surface area contributed by atoms with Crippen LogP contribution in [0, 0.1) is 5.41 Å². The molecule has 0 spiro atoms. The Morgan fingerprint density at radius 1 is 1.38 bits per heavy atom. The molecule has 0 aliphatic heterocycles. The Morgan fingerprint density at radius 3 is 2.71 bits per heavy atom. The van der Waals surface area contributed by atoms with E-state index in [2.05, 4.69) is 26.1 Å². The number of hydrogen-bond donors (Lipinski definition) is 1. The summed E-state index contributed by atoms with van der Waals surface area (Å²) in [6.45, 7) is 8.10. The van der Waals surface area contributed by atoms with Gasteiger partial charge in [-0.25, -0.2) is 4.79 Å². The Bertz CT molecular complexity index is 458. The van der Waals surface area contributed by atoms with Crippen LogP contribution in [0.2, 0.25) is 5.02 Å². The smallest absolute Gasteiger partial charge is 0.317 e. The lowest BCUT2D eigenvalue weighted by Crippen LogP contribution is -2.40. The van der Waals surface area contributed by atoms with Crippen LogP contribution in [0.3, 0.4) is 0 Å². The molecule has 0 bridgehead atoms. The average Bonchev–Trinajstić information content (AvgIpc) is 2.37. The fourth-order valence-corrected chi connectivity index (χ4v) is 1.82. The molecule has 1 aromatic rings. The number of amides is 2. The Hall–Kier alpha value is -1.42. The number of urea groups is 1. The van der Waals surface area contributed by atoms with Crippen molar-refractivity contribution >= 4 is 17.6 Å². The third kappa shape index (κ3) is 7.81. The van der Waals surface area contributed by atoms with Crippen molar-refractivity contribution in [1.82, 2.24) is 10.2 Å². The van der Waals surface area contributed by atoms with Crippen LogP contribution < -0.4 is 10.1 Å². The summed E-state index contributed by atoms with van der Waals surface area (Å²) >= 11 is 5.88. The predicted molar refractivity (Wildman–Crippen MR) is 87.0 cm³/mol. The number of benzene rings is 1. The molecule has 1 N–H and O–H groups in total. The van der Waals surface area contributed by atoms with E-state index in [0.717, 1.165) is 6.42 Å². The summed E-state index contributed by atoms with van der Waals surface area (Å²) in [4.78, 5) is 13.5. The van der Waals surface area contributed by atoms with Crippen molar-refractivity contribution in [2.75, 3.05) is 26.7 Å². The lowest BCUT2D eigenvalue weighted by atomic mass is 9.92. The Labute approximate surface area is 132 Å². The van der Waals surface area contributed by atoms with Crippen LogP contribution in [0.4, 0.5) is 4.79 Å². The fraction of sp³-hybridized carbons (Fsp3) is 0.562. The maximum atomic E-state index is 11.9. The minimum atomic E-state index is -0.0751. The number of halogens is 1. The number of nitrogens with zero attached hydrogens (tertiary/aromatic N) is 1. The van der Waals surface area contributed by atoms with Gasteiger partial charge in [0.05, 0.1) is 6.54 Å². The largest absolute Gasteiger partial charge is 0.492 e. The number of carbonyl (C=O) groups is 1. The average molecular weight is 313 g/mol. The topological polar surface area (TPSA) is 41.6 Å². The van der Waals surface area contributed by atoms with Gasteiger partial charge in [0.2, 0.25) is 0 Å². The summed E-state index contributed by atoms with van der Waals surface area (Å²) in [5.74, 6) is 0.712. The highest BCUT2D eigenvalue weighted by molar-refractivity contribution is 6.30. The summed E-state index contributed by atoms with van der Waals surface area (Å²) in [7, 11) is 1.76. The van der Waals surface area contributed by atoms with Gasteiger partial charge in [0, 0.05) is 18.6 Å². The Morgan fingerprint density at radius 2 is 2.10 bits per heavy atom. The molecule has 0 radical (unpaired) electrons. The second-order valence-corrected chi connectivity index (χ2v) is 6.71. The maximum Gasteiger partial charge on any atom is 0.317 e. The van der Waals surface area contributed by atoms with Crippen molar-refractivity contribution in [3.63, 3.8) is 0 Å². The molecule has 0 aliphatic carbocycles. The molecule has 2 amide bonds. The Kier molecular flexibility index (Phi) is 6.82. The highest BCUT2D eigenvalue weighted by atomic mass is 35.5. The first-order valence-electron chi connectivity index (χ1n) is 7.15. The van der Waals surface area contributed by atoms with Crippen molar-refractivity contribution < 1.29 is 9.53 Å². The quantitative estimate of drug-likeness (QED) is 0.868. The lowest BCUT2D eigenvalue weighted by molar-refractivity contribution is 0.194. The summed E-state index contributed by atoms with van der Waals surface area (Å²) < 4.78 is 5.56. The van der Waals surface area contributed by atoms with E-state index in [9.17, 15) is 4.79 Å². The van der Waals surface area contributed by atoms with E-state index < -0.39 is 0 Å². The van der Waals surface area contributed by atoms with Crippen molar-refractivity contribution in [3.05, 3.63) is 29.3 Å². The fourth-order valence-electron chi connectivity index (χ4n) is 1.64. The number of carbonyl (C=O) groups excluding carboxylic acids is 1. The highest BCUT2D eigenvalue weighted by Gasteiger charge is 2.12. The van der Waals surface area contributed by atoms with Gasteiger partial charge in [0.15, 0.2) is 0 Å². The van der Waals surface area contributed by atoms with Gasteiger partial charge in [0.1, 0.15) is 12.4 Å². The van der Waals surface area contributed by atoms with Gasteiger partial charge in [-0.3, -0.25) is 0 Å². The Balaban J connectivity index is 2.23. The zero-order valence-corrected chi connectivity index (χ0v) is 14.0. The minimum absolute atomic E-state index is 0.0751. The molecule has 0 fully saturated rings. The van der Waals surface area contributed by atoms with E-state index >= 15 is 0 Å². The van der Waals surface area contributed by atoms with Crippen LogP contribution in [0.1, 0.15) is 27.2 Å². The standard InChI is InChI=1S/C16H25ClN2O2/c1-16(2,3)8-9-18-15(20)19(4)10-11-21-14-7-5-6-13(17)12-14/h5-7,12H,8-11H2,1-4H3,(H,18,20). The summed E-state index contributed by atoms with van der Waals surface area (Å²) in [6, 6.07) is 7.15. The molecular formula is C16H25ClN2O2. The van der Waals surface area contributed by atoms with Crippen LogP contribution in [-0.2, 0) is 0 Å². The number of ether oxygens (including phenoxy) is 1. The second kappa shape index (κ2) is 8.13. The molecule has 0 aliphatic rings. The summed E-state index contributed by atoms with van der Waals surface area (Å²) in [5, 5.41) is 3.55. The van der Waals surface area contributed by atoms with Gasteiger partial charge >= 0.3 is 6.03 Å². The van der Waals surface area contributed by atoms with Gasteiger partial charge in [-0.2, -0.15) is 0 Å². The van der Waals surface area contributed by atoms with E-state index in [1.54, 1.807) is 24.1 Å². The maximum absolute atomic E-state index is 11.9. The van der Waals surface area contributed by atoms with Gasteiger partial charge in [0.25, 0.3) is 0 Å². The molecule has 0 atom stereocenters. The minimum Gasteiger partial charge on any atom is -0.492 e.